The van der Waals surface area contributed by atoms with Gasteiger partial charge in [-0.1, -0.05) is 31.2 Å². The lowest BCUT2D eigenvalue weighted by Gasteiger charge is -2.35. The number of nitrogens with two attached hydrogens (primary N) is 1. The molecule has 1 aliphatic rings. The fourth-order valence-corrected chi connectivity index (χ4v) is 2.54. The number of rotatable bonds is 4. The van der Waals surface area contributed by atoms with Crippen LogP contribution in [-0.4, -0.2) is 25.1 Å². The molecule has 3 atom stereocenters. The zero-order valence-corrected chi connectivity index (χ0v) is 11.0. The van der Waals surface area contributed by atoms with Crippen molar-refractivity contribution in [3.05, 3.63) is 35.4 Å². The standard InChI is InChI=1S/C14H17F4NO/c1-8-6-11(20-7-14(17,18)13(15)16)12(19)10-5-3-2-4-9(8)10/h2-5,8,11-13H,6-7,19H2,1H3. The third-order valence-corrected chi connectivity index (χ3v) is 3.68. The normalized spacial score (nSPS) is 26.6. The maximum atomic E-state index is 12.9. The van der Waals surface area contributed by atoms with Crippen molar-refractivity contribution in [2.24, 2.45) is 5.73 Å². The predicted octanol–water partition coefficient (Wildman–Crippen LogP) is 3.48. The third kappa shape index (κ3) is 2.96. The third-order valence-electron chi connectivity index (χ3n) is 3.68. The highest BCUT2D eigenvalue weighted by molar-refractivity contribution is 5.35. The molecule has 0 amide bonds. The van der Waals surface area contributed by atoms with Gasteiger partial charge in [0.2, 0.25) is 0 Å². The molecule has 2 nitrogen and oxygen atoms in total. The zero-order valence-electron chi connectivity index (χ0n) is 11.0. The van der Waals surface area contributed by atoms with E-state index in [1.54, 1.807) is 0 Å². The highest BCUT2D eigenvalue weighted by Gasteiger charge is 2.43. The van der Waals surface area contributed by atoms with Crippen LogP contribution in [0.4, 0.5) is 17.6 Å². The first-order chi connectivity index (χ1) is 9.33. The topological polar surface area (TPSA) is 35.2 Å². The van der Waals surface area contributed by atoms with Crippen LogP contribution in [0.15, 0.2) is 24.3 Å². The fourth-order valence-electron chi connectivity index (χ4n) is 2.54. The molecule has 1 aromatic rings. The number of hydrogen-bond acceptors (Lipinski definition) is 2. The largest absolute Gasteiger partial charge is 0.370 e. The van der Waals surface area contributed by atoms with Gasteiger partial charge in [-0.2, -0.15) is 8.78 Å². The van der Waals surface area contributed by atoms with Crippen LogP contribution in [0.2, 0.25) is 0 Å². The van der Waals surface area contributed by atoms with Crippen molar-refractivity contribution >= 4 is 0 Å². The van der Waals surface area contributed by atoms with Crippen molar-refractivity contribution < 1.29 is 22.3 Å². The van der Waals surface area contributed by atoms with Crippen LogP contribution in [0.1, 0.15) is 36.4 Å². The highest BCUT2D eigenvalue weighted by atomic mass is 19.3. The van der Waals surface area contributed by atoms with E-state index >= 15 is 0 Å². The Morgan fingerprint density at radius 1 is 1.30 bits per heavy atom. The predicted molar refractivity (Wildman–Crippen MR) is 67.1 cm³/mol. The minimum atomic E-state index is -4.14. The number of ether oxygens (including phenoxy) is 1. The molecule has 0 saturated heterocycles. The first-order valence-electron chi connectivity index (χ1n) is 6.45. The molecule has 0 saturated carbocycles. The van der Waals surface area contributed by atoms with Crippen molar-refractivity contribution in [2.45, 2.75) is 43.8 Å². The van der Waals surface area contributed by atoms with Gasteiger partial charge in [0.05, 0.1) is 12.1 Å². The van der Waals surface area contributed by atoms with Gasteiger partial charge in [0.15, 0.2) is 0 Å². The SMILES string of the molecule is CC1CC(OCC(F)(F)C(F)F)C(N)c2ccccc21. The van der Waals surface area contributed by atoms with Crippen molar-refractivity contribution in [3.63, 3.8) is 0 Å². The Morgan fingerprint density at radius 3 is 2.50 bits per heavy atom. The quantitative estimate of drug-likeness (QED) is 0.862. The first-order valence-corrected chi connectivity index (χ1v) is 6.45. The Balaban J connectivity index is 2.09. The molecule has 6 heteroatoms. The average molecular weight is 291 g/mol. The lowest BCUT2D eigenvalue weighted by Crippen LogP contribution is -2.40. The van der Waals surface area contributed by atoms with E-state index in [0.717, 1.165) is 11.1 Å². The van der Waals surface area contributed by atoms with E-state index in [2.05, 4.69) is 0 Å². The molecule has 2 rings (SSSR count). The summed E-state index contributed by atoms with van der Waals surface area (Å²) in [5, 5.41) is 0. The van der Waals surface area contributed by atoms with Gasteiger partial charge in [-0.15, -0.1) is 0 Å². The molecule has 3 unspecified atom stereocenters. The first kappa shape index (κ1) is 15.3. The van der Waals surface area contributed by atoms with Crippen molar-refractivity contribution in [2.75, 3.05) is 6.61 Å². The summed E-state index contributed by atoms with van der Waals surface area (Å²) in [6.45, 7) is 0.629. The Morgan fingerprint density at radius 2 is 1.90 bits per heavy atom. The van der Waals surface area contributed by atoms with E-state index in [4.69, 9.17) is 10.5 Å². The molecule has 20 heavy (non-hydrogen) atoms. The smallest absolute Gasteiger partial charge is 0.330 e. The van der Waals surface area contributed by atoms with Crippen LogP contribution in [0.25, 0.3) is 0 Å². The molecular formula is C14H17F4NO. The maximum absolute atomic E-state index is 12.9. The van der Waals surface area contributed by atoms with E-state index in [1.165, 1.54) is 0 Å². The minimum Gasteiger partial charge on any atom is -0.370 e. The molecule has 112 valence electrons. The van der Waals surface area contributed by atoms with Gasteiger partial charge < -0.3 is 10.5 Å². The maximum Gasteiger partial charge on any atom is 0.330 e. The molecule has 0 heterocycles. The molecule has 0 aromatic heterocycles. The van der Waals surface area contributed by atoms with Gasteiger partial charge in [-0.25, -0.2) is 8.78 Å². The van der Waals surface area contributed by atoms with Crippen molar-refractivity contribution in [1.82, 2.24) is 0 Å². The summed E-state index contributed by atoms with van der Waals surface area (Å²) in [5.41, 5.74) is 7.89. The molecule has 1 aliphatic carbocycles. The van der Waals surface area contributed by atoms with Gasteiger partial charge in [0.1, 0.15) is 6.61 Å². The lowest BCUT2D eigenvalue weighted by atomic mass is 9.79. The second-order valence-corrected chi connectivity index (χ2v) is 5.20. The summed E-state index contributed by atoms with van der Waals surface area (Å²) in [6, 6.07) is 6.87. The summed E-state index contributed by atoms with van der Waals surface area (Å²) in [4.78, 5) is 0. The lowest BCUT2D eigenvalue weighted by molar-refractivity contribution is -0.179. The molecule has 0 fully saturated rings. The van der Waals surface area contributed by atoms with Crippen LogP contribution >= 0.6 is 0 Å². The van der Waals surface area contributed by atoms with Gasteiger partial charge in [0, 0.05) is 0 Å². The molecule has 0 radical (unpaired) electrons. The number of halogens is 4. The van der Waals surface area contributed by atoms with E-state index in [-0.39, 0.29) is 5.92 Å². The Kier molecular flexibility index (Phi) is 4.34. The monoisotopic (exact) mass is 291 g/mol. The fraction of sp³-hybridized carbons (Fsp3) is 0.571. The molecule has 0 spiro atoms. The number of alkyl halides is 4. The van der Waals surface area contributed by atoms with Crippen LogP contribution in [0, 0.1) is 0 Å². The summed E-state index contributed by atoms with van der Waals surface area (Å²) in [6.07, 6.45) is -3.96. The van der Waals surface area contributed by atoms with E-state index in [9.17, 15) is 17.6 Å². The summed E-state index contributed by atoms with van der Waals surface area (Å²) < 4.78 is 55.0. The van der Waals surface area contributed by atoms with Crippen LogP contribution in [-0.2, 0) is 4.74 Å². The van der Waals surface area contributed by atoms with Gasteiger partial charge in [-0.3, -0.25) is 0 Å². The summed E-state index contributed by atoms with van der Waals surface area (Å²) in [7, 11) is 0. The van der Waals surface area contributed by atoms with Crippen LogP contribution in [0.3, 0.4) is 0 Å². The number of hydrogen-bond donors (Lipinski definition) is 1. The zero-order chi connectivity index (χ0) is 14.9. The molecule has 2 N–H and O–H groups in total. The van der Waals surface area contributed by atoms with E-state index in [0.29, 0.717) is 6.42 Å². The summed E-state index contributed by atoms with van der Waals surface area (Å²) >= 11 is 0. The highest BCUT2D eigenvalue weighted by Crippen LogP contribution is 2.38. The van der Waals surface area contributed by atoms with E-state index < -0.39 is 31.1 Å². The van der Waals surface area contributed by atoms with Crippen molar-refractivity contribution in [3.8, 4) is 0 Å². The molecular weight excluding hydrogens is 274 g/mol. The second-order valence-electron chi connectivity index (χ2n) is 5.20. The van der Waals surface area contributed by atoms with E-state index in [1.807, 2.05) is 31.2 Å². The van der Waals surface area contributed by atoms with Gasteiger partial charge >= 0.3 is 12.3 Å². The van der Waals surface area contributed by atoms with Crippen LogP contribution in [0.5, 0.6) is 0 Å². The Labute approximate surface area is 114 Å². The second kappa shape index (κ2) is 5.69. The van der Waals surface area contributed by atoms with Crippen LogP contribution < -0.4 is 5.73 Å². The van der Waals surface area contributed by atoms with Gasteiger partial charge in [-0.05, 0) is 23.5 Å². The van der Waals surface area contributed by atoms with Crippen molar-refractivity contribution in [1.29, 1.82) is 0 Å². The minimum absolute atomic E-state index is 0.0937. The molecule has 1 aromatic carbocycles. The number of fused-ring (bicyclic) bond motifs is 1. The molecule has 0 aliphatic heterocycles. The van der Waals surface area contributed by atoms with Gasteiger partial charge in [0.25, 0.3) is 0 Å². The average Bonchev–Trinajstić information content (AvgIpc) is 2.41. The molecule has 0 bridgehead atoms. The Hall–Kier alpha value is -1.14. The summed E-state index contributed by atoms with van der Waals surface area (Å²) in [5.74, 6) is -4.05. The Bertz CT molecular complexity index is 466. The number of benzene rings is 1.